The third kappa shape index (κ3) is 2.69. The van der Waals surface area contributed by atoms with Crippen molar-refractivity contribution in [2.75, 3.05) is 27.2 Å². The zero-order valence-electron chi connectivity index (χ0n) is 8.92. The van der Waals surface area contributed by atoms with Gasteiger partial charge in [-0.05, 0) is 40.3 Å². The summed E-state index contributed by atoms with van der Waals surface area (Å²) >= 11 is 0. The predicted octanol–water partition coefficient (Wildman–Crippen LogP) is 0.949. The summed E-state index contributed by atoms with van der Waals surface area (Å²) in [5.41, 5.74) is 0. The molecule has 0 aromatic heterocycles. The molecule has 0 radical (unpaired) electrons. The highest BCUT2D eigenvalue weighted by atomic mass is 16.2. The molecule has 3 heteroatoms. The Bertz CT molecular complexity index is 174. The van der Waals surface area contributed by atoms with Crippen molar-refractivity contribution in [2.45, 2.75) is 32.2 Å². The molecule has 1 fully saturated rings. The van der Waals surface area contributed by atoms with Gasteiger partial charge in [-0.25, -0.2) is 0 Å². The number of rotatable bonds is 2. The van der Waals surface area contributed by atoms with Crippen LogP contribution in [0, 0.1) is 0 Å². The van der Waals surface area contributed by atoms with Crippen molar-refractivity contribution in [2.24, 2.45) is 0 Å². The van der Waals surface area contributed by atoms with E-state index in [-0.39, 0.29) is 11.9 Å². The van der Waals surface area contributed by atoms with E-state index in [0.717, 1.165) is 13.1 Å². The van der Waals surface area contributed by atoms with E-state index >= 15 is 0 Å². The van der Waals surface area contributed by atoms with Crippen LogP contribution in [0.3, 0.4) is 0 Å². The van der Waals surface area contributed by atoms with Crippen molar-refractivity contribution in [3.8, 4) is 0 Å². The molecule has 0 saturated carbocycles. The molecular formula is C10H20N2O. The Kier molecular flexibility index (Phi) is 3.72. The average Bonchev–Trinajstić information content (AvgIpc) is 2.17. The normalized spacial score (nSPS) is 20.5. The number of hydrogen-bond acceptors (Lipinski definition) is 2. The van der Waals surface area contributed by atoms with Crippen molar-refractivity contribution in [3.05, 3.63) is 0 Å². The van der Waals surface area contributed by atoms with E-state index in [2.05, 4.69) is 0 Å². The molecule has 0 spiro atoms. The smallest absolute Gasteiger partial charge is 0.239 e. The van der Waals surface area contributed by atoms with Crippen molar-refractivity contribution < 1.29 is 4.79 Å². The fourth-order valence-electron chi connectivity index (χ4n) is 1.60. The summed E-state index contributed by atoms with van der Waals surface area (Å²) in [6, 6.07) is 0.0260. The second-order valence-corrected chi connectivity index (χ2v) is 4.03. The number of piperidine rings is 1. The molecule has 1 saturated heterocycles. The van der Waals surface area contributed by atoms with Crippen LogP contribution in [-0.2, 0) is 4.79 Å². The number of hydrogen-bond donors (Lipinski definition) is 0. The van der Waals surface area contributed by atoms with Gasteiger partial charge in [0, 0.05) is 13.1 Å². The molecule has 1 unspecified atom stereocenters. The van der Waals surface area contributed by atoms with Crippen LogP contribution in [0.25, 0.3) is 0 Å². The first kappa shape index (κ1) is 10.5. The topological polar surface area (TPSA) is 23.6 Å². The van der Waals surface area contributed by atoms with Crippen molar-refractivity contribution >= 4 is 5.91 Å². The molecule has 76 valence electrons. The summed E-state index contributed by atoms with van der Waals surface area (Å²) in [6.45, 7) is 3.88. The maximum Gasteiger partial charge on any atom is 0.239 e. The minimum absolute atomic E-state index is 0.0260. The van der Waals surface area contributed by atoms with Gasteiger partial charge in [0.25, 0.3) is 0 Å². The third-order valence-corrected chi connectivity index (χ3v) is 2.80. The molecule has 1 amide bonds. The zero-order valence-corrected chi connectivity index (χ0v) is 8.92. The number of likely N-dealkylation sites (tertiary alicyclic amines) is 1. The molecule has 1 aliphatic heterocycles. The number of carbonyl (C=O) groups is 1. The van der Waals surface area contributed by atoms with Gasteiger partial charge in [0.1, 0.15) is 0 Å². The third-order valence-electron chi connectivity index (χ3n) is 2.80. The van der Waals surface area contributed by atoms with Crippen LogP contribution in [-0.4, -0.2) is 48.9 Å². The molecule has 0 N–H and O–H groups in total. The summed E-state index contributed by atoms with van der Waals surface area (Å²) in [4.78, 5) is 15.8. The molecule has 0 aliphatic carbocycles. The van der Waals surface area contributed by atoms with Crippen LogP contribution in [0.4, 0.5) is 0 Å². The van der Waals surface area contributed by atoms with Crippen LogP contribution in [0.1, 0.15) is 26.2 Å². The van der Waals surface area contributed by atoms with Gasteiger partial charge in [0.15, 0.2) is 0 Å². The van der Waals surface area contributed by atoms with E-state index in [9.17, 15) is 4.79 Å². The first-order valence-electron chi connectivity index (χ1n) is 5.08. The number of amides is 1. The second kappa shape index (κ2) is 4.61. The largest absolute Gasteiger partial charge is 0.341 e. The van der Waals surface area contributed by atoms with Gasteiger partial charge in [0.2, 0.25) is 5.91 Å². The zero-order chi connectivity index (χ0) is 9.84. The summed E-state index contributed by atoms with van der Waals surface area (Å²) < 4.78 is 0. The summed E-state index contributed by atoms with van der Waals surface area (Å²) in [7, 11) is 3.90. The fourth-order valence-corrected chi connectivity index (χ4v) is 1.60. The van der Waals surface area contributed by atoms with Crippen molar-refractivity contribution in [3.63, 3.8) is 0 Å². The molecule has 0 aromatic rings. The Hall–Kier alpha value is -0.570. The van der Waals surface area contributed by atoms with Crippen LogP contribution < -0.4 is 0 Å². The molecule has 1 rings (SSSR count). The van der Waals surface area contributed by atoms with Crippen LogP contribution in [0.5, 0.6) is 0 Å². The van der Waals surface area contributed by atoms with Gasteiger partial charge in [-0.1, -0.05) is 0 Å². The summed E-state index contributed by atoms with van der Waals surface area (Å²) in [5.74, 6) is 0.282. The van der Waals surface area contributed by atoms with E-state index in [4.69, 9.17) is 0 Å². The van der Waals surface area contributed by atoms with Gasteiger partial charge in [-0.2, -0.15) is 0 Å². The summed E-state index contributed by atoms with van der Waals surface area (Å²) in [5, 5.41) is 0. The first-order valence-corrected chi connectivity index (χ1v) is 5.08. The highest BCUT2D eigenvalue weighted by Gasteiger charge is 2.22. The SMILES string of the molecule is CC(C(=O)N1CCCCC1)N(C)C. The minimum atomic E-state index is 0.0260. The predicted molar refractivity (Wildman–Crippen MR) is 53.6 cm³/mol. The van der Waals surface area contributed by atoms with Crippen molar-refractivity contribution in [1.82, 2.24) is 9.80 Å². The number of likely N-dealkylation sites (N-methyl/N-ethyl adjacent to an activating group) is 1. The molecule has 0 aromatic carbocycles. The highest BCUT2D eigenvalue weighted by Crippen LogP contribution is 2.10. The number of carbonyl (C=O) groups excluding carboxylic acids is 1. The number of nitrogens with zero attached hydrogens (tertiary/aromatic N) is 2. The standard InChI is InChI=1S/C10H20N2O/c1-9(11(2)3)10(13)12-7-5-4-6-8-12/h9H,4-8H2,1-3H3. The fraction of sp³-hybridized carbons (Fsp3) is 0.900. The van der Waals surface area contributed by atoms with Gasteiger partial charge < -0.3 is 4.90 Å². The van der Waals surface area contributed by atoms with Crippen LogP contribution in [0.2, 0.25) is 0 Å². The van der Waals surface area contributed by atoms with E-state index in [1.165, 1.54) is 19.3 Å². The lowest BCUT2D eigenvalue weighted by Crippen LogP contribution is -2.46. The quantitative estimate of drug-likeness (QED) is 0.638. The Labute approximate surface area is 80.7 Å². The molecule has 0 bridgehead atoms. The van der Waals surface area contributed by atoms with Gasteiger partial charge in [0.05, 0.1) is 6.04 Å². The molecule has 1 aliphatic rings. The maximum absolute atomic E-state index is 11.8. The monoisotopic (exact) mass is 184 g/mol. The van der Waals surface area contributed by atoms with E-state index < -0.39 is 0 Å². The molecule has 13 heavy (non-hydrogen) atoms. The molecule has 3 nitrogen and oxygen atoms in total. The van der Waals surface area contributed by atoms with Gasteiger partial charge >= 0.3 is 0 Å². The summed E-state index contributed by atoms with van der Waals surface area (Å²) in [6.07, 6.45) is 3.62. The molecule has 1 atom stereocenters. The van der Waals surface area contributed by atoms with Crippen molar-refractivity contribution in [1.29, 1.82) is 0 Å². The lowest BCUT2D eigenvalue weighted by Gasteiger charge is -2.31. The van der Waals surface area contributed by atoms with Crippen LogP contribution >= 0.6 is 0 Å². The van der Waals surface area contributed by atoms with Crippen LogP contribution in [0.15, 0.2) is 0 Å². The van der Waals surface area contributed by atoms with E-state index in [1.807, 2.05) is 30.8 Å². The Balaban J connectivity index is 2.45. The molecule has 1 heterocycles. The first-order chi connectivity index (χ1) is 6.13. The van der Waals surface area contributed by atoms with Gasteiger partial charge in [-0.15, -0.1) is 0 Å². The highest BCUT2D eigenvalue weighted by molar-refractivity contribution is 5.81. The van der Waals surface area contributed by atoms with Gasteiger partial charge in [-0.3, -0.25) is 9.69 Å². The minimum Gasteiger partial charge on any atom is -0.341 e. The Morgan fingerprint density at radius 1 is 1.23 bits per heavy atom. The van der Waals surface area contributed by atoms with E-state index in [0.29, 0.717) is 0 Å². The Morgan fingerprint density at radius 3 is 2.23 bits per heavy atom. The molecular weight excluding hydrogens is 164 g/mol. The maximum atomic E-state index is 11.8. The average molecular weight is 184 g/mol. The van der Waals surface area contributed by atoms with E-state index in [1.54, 1.807) is 0 Å². The lowest BCUT2D eigenvalue weighted by atomic mass is 10.1. The second-order valence-electron chi connectivity index (χ2n) is 4.03. The lowest BCUT2D eigenvalue weighted by molar-refractivity contribution is -0.136. The Morgan fingerprint density at radius 2 is 1.77 bits per heavy atom.